The molecule has 0 bridgehead atoms. The van der Waals surface area contributed by atoms with Crippen molar-refractivity contribution >= 4 is 54.4 Å². The molecule has 0 aliphatic rings. The Hall–Kier alpha value is -5.84. The largest absolute Gasteiger partial charge is 0.309 e. The number of rotatable bonds is 2. The first kappa shape index (κ1) is 22.2. The van der Waals surface area contributed by atoms with E-state index in [1.54, 1.807) is 12.1 Å². The molecule has 4 heteroatoms. The van der Waals surface area contributed by atoms with Gasteiger partial charge in [0.25, 0.3) is 0 Å². The van der Waals surface area contributed by atoms with Crippen LogP contribution in [-0.4, -0.2) is 9.13 Å². The molecule has 0 atom stereocenters. The highest BCUT2D eigenvalue weighted by Gasteiger charge is 2.21. The summed E-state index contributed by atoms with van der Waals surface area (Å²) in [6, 6.07) is 46.2. The zero-order chi connectivity index (χ0) is 26.8. The highest BCUT2D eigenvalue weighted by Crippen LogP contribution is 2.42. The monoisotopic (exact) mass is 508 g/mol. The van der Waals surface area contributed by atoms with Crippen LogP contribution in [0.15, 0.2) is 121 Å². The fourth-order valence-electron chi connectivity index (χ4n) is 6.24. The minimum absolute atomic E-state index is 0.469. The first-order valence-corrected chi connectivity index (χ1v) is 13.2. The molecule has 0 amide bonds. The van der Waals surface area contributed by atoms with E-state index >= 15 is 0 Å². The molecule has 8 aromatic rings. The first-order valence-electron chi connectivity index (χ1n) is 13.2. The van der Waals surface area contributed by atoms with Gasteiger partial charge in [-0.15, -0.1) is 0 Å². The van der Waals surface area contributed by atoms with E-state index in [1.807, 2.05) is 12.1 Å². The van der Waals surface area contributed by atoms with Crippen LogP contribution < -0.4 is 0 Å². The summed E-state index contributed by atoms with van der Waals surface area (Å²) >= 11 is 0. The highest BCUT2D eigenvalue weighted by atomic mass is 15.0. The molecule has 6 aromatic carbocycles. The fourth-order valence-corrected chi connectivity index (χ4v) is 6.24. The summed E-state index contributed by atoms with van der Waals surface area (Å²) in [5, 5.41) is 26.5. The van der Waals surface area contributed by atoms with Gasteiger partial charge < -0.3 is 9.13 Å². The van der Waals surface area contributed by atoms with Crippen molar-refractivity contribution in [3.8, 4) is 23.5 Å². The lowest BCUT2D eigenvalue weighted by Crippen LogP contribution is -1.98. The smallest absolute Gasteiger partial charge is 0.101 e. The summed E-state index contributed by atoms with van der Waals surface area (Å²) in [5.41, 5.74) is 7.12. The molecule has 0 spiro atoms. The zero-order valence-corrected chi connectivity index (χ0v) is 21.3. The van der Waals surface area contributed by atoms with Gasteiger partial charge in [-0.25, -0.2) is 0 Å². The maximum Gasteiger partial charge on any atom is 0.101 e. The Morgan fingerprint density at radius 1 is 0.500 bits per heavy atom. The SMILES string of the molecule is N#Cc1ccc(-n2c3ccccc3c3c2ccc2c4ccccc4n(-c4ccc5ccccc5c4)c23)c(C#N)c1. The van der Waals surface area contributed by atoms with E-state index in [0.29, 0.717) is 11.1 Å². The number of nitriles is 2. The molecule has 0 radical (unpaired) electrons. The Labute approximate surface area is 229 Å². The van der Waals surface area contributed by atoms with E-state index in [2.05, 4.69) is 118 Å². The molecule has 184 valence electrons. The minimum atomic E-state index is 0.469. The van der Waals surface area contributed by atoms with Gasteiger partial charge in [0.15, 0.2) is 0 Å². The lowest BCUT2D eigenvalue weighted by molar-refractivity contribution is 1.16. The maximum atomic E-state index is 10.1. The van der Waals surface area contributed by atoms with E-state index in [1.165, 1.54) is 21.5 Å². The van der Waals surface area contributed by atoms with E-state index in [-0.39, 0.29) is 0 Å². The third kappa shape index (κ3) is 2.99. The van der Waals surface area contributed by atoms with Crippen LogP contribution in [-0.2, 0) is 0 Å². The molecule has 0 saturated heterocycles. The van der Waals surface area contributed by atoms with Crippen LogP contribution in [0.25, 0.3) is 65.8 Å². The van der Waals surface area contributed by atoms with Gasteiger partial charge in [-0.1, -0.05) is 72.8 Å². The van der Waals surface area contributed by atoms with Crippen LogP contribution in [0.5, 0.6) is 0 Å². The predicted octanol–water partition coefficient (Wildman–Crippen LogP) is 8.78. The van der Waals surface area contributed by atoms with Gasteiger partial charge in [0.1, 0.15) is 6.07 Å². The molecular formula is C36H20N4. The van der Waals surface area contributed by atoms with E-state index in [0.717, 1.165) is 44.2 Å². The molecule has 8 rings (SSSR count). The van der Waals surface area contributed by atoms with Crippen molar-refractivity contribution in [3.63, 3.8) is 0 Å². The Morgan fingerprint density at radius 2 is 1.23 bits per heavy atom. The van der Waals surface area contributed by atoms with Crippen molar-refractivity contribution in [1.29, 1.82) is 10.5 Å². The summed E-state index contributed by atoms with van der Waals surface area (Å²) in [7, 11) is 0. The summed E-state index contributed by atoms with van der Waals surface area (Å²) in [4.78, 5) is 0. The van der Waals surface area contributed by atoms with Gasteiger partial charge in [0.2, 0.25) is 0 Å². The number of nitrogens with zero attached hydrogens (tertiary/aromatic N) is 4. The molecule has 0 N–H and O–H groups in total. The summed E-state index contributed by atoms with van der Waals surface area (Å²) in [6.45, 7) is 0. The molecule has 2 aromatic heterocycles. The van der Waals surface area contributed by atoms with Crippen LogP contribution in [0.4, 0.5) is 0 Å². The second kappa shape index (κ2) is 8.33. The number of hydrogen-bond donors (Lipinski definition) is 0. The summed E-state index contributed by atoms with van der Waals surface area (Å²) < 4.78 is 4.53. The number of hydrogen-bond acceptors (Lipinski definition) is 2. The molecule has 0 aliphatic heterocycles. The Bertz CT molecular complexity index is 2410. The Balaban J connectivity index is 1.58. The molecule has 4 nitrogen and oxygen atoms in total. The van der Waals surface area contributed by atoms with Crippen LogP contribution in [0.2, 0.25) is 0 Å². The summed E-state index contributed by atoms with van der Waals surface area (Å²) in [6.07, 6.45) is 0. The van der Waals surface area contributed by atoms with Gasteiger partial charge in [0.05, 0.1) is 45.0 Å². The van der Waals surface area contributed by atoms with Crippen molar-refractivity contribution in [2.24, 2.45) is 0 Å². The Kier molecular flexibility index (Phi) is 4.62. The van der Waals surface area contributed by atoms with Crippen LogP contribution >= 0.6 is 0 Å². The lowest BCUT2D eigenvalue weighted by atomic mass is 10.1. The second-order valence-corrected chi connectivity index (χ2v) is 10.0. The average Bonchev–Trinajstić information content (AvgIpc) is 3.53. The number of benzene rings is 6. The normalized spacial score (nSPS) is 11.4. The van der Waals surface area contributed by atoms with Crippen molar-refractivity contribution in [1.82, 2.24) is 9.13 Å². The average molecular weight is 509 g/mol. The Morgan fingerprint density at radius 3 is 2.02 bits per heavy atom. The maximum absolute atomic E-state index is 10.1. The highest BCUT2D eigenvalue weighted by molar-refractivity contribution is 6.26. The number of fused-ring (bicyclic) bond motifs is 8. The second-order valence-electron chi connectivity index (χ2n) is 10.0. The van der Waals surface area contributed by atoms with Crippen molar-refractivity contribution < 1.29 is 0 Å². The number of aromatic nitrogens is 2. The van der Waals surface area contributed by atoms with Gasteiger partial charge in [-0.05, 0) is 59.3 Å². The molecule has 0 unspecified atom stereocenters. The minimum Gasteiger partial charge on any atom is -0.309 e. The topological polar surface area (TPSA) is 57.4 Å². The molecule has 0 fully saturated rings. The molecule has 0 saturated carbocycles. The zero-order valence-electron chi connectivity index (χ0n) is 21.3. The first-order chi connectivity index (χ1) is 19.8. The van der Waals surface area contributed by atoms with Crippen LogP contribution in [0, 0.1) is 22.7 Å². The summed E-state index contributed by atoms with van der Waals surface area (Å²) in [5.74, 6) is 0. The molecule has 0 aliphatic carbocycles. The molecule has 40 heavy (non-hydrogen) atoms. The predicted molar refractivity (Wildman–Crippen MR) is 162 cm³/mol. The van der Waals surface area contributed by atoms with Gasteiger partial charge in [-0.3, -0.25) is 0 Å². The van der Waals surface area contributed by atoms with Gasteiger partial charge in [0, 0.05) is 27.2 Å². The standard InChI is InChI=1S/C36H20N4/c37-21-23-13-17-31(26(19-23)22-38)40-33-12-6-4-10-30(33)35-34(40)18-16-29-28-9-3-5-11-32(28)39(36(29)35)27-15-14-24-7-1-2-8-25(24)20-27/h1-20H. The van der Waals surface area contributed by atoms with E-state index in [9.17, 15) is 10.5 Å². The van der Waals surface area contributed by atoms with E-state index in [4.69, 9.17) is 0 Å². The van der Waals surface area contributed by atoms with Crippen LogP contribution in [0.1, 0.15) is 11.1 Å². The van der Waals surface area contributed by atoms with Crippen molar-refractivity contribution in [2.45, 2.75) is 0 Å². The fraction of sp³-hybridized carbons (Fsp3) is 0. The number of para-hydroxylation sites is 2. The van der Waals surface area contributed by atoms with Crippen LogP contribution in [0.3, 0.4) is 0 Å². The molecular weight excluding hydrogens is 488 g/mol. The quantitative estimate of drug-likeness (QED) is 0.234. The lowest BCUT2D eigenvalue weighted by Gasteiger charge is -2.12. The molecule has 2 heterocycles. The third-order valence-corrected chi connectivity index (χ3v) is 7.95. The van der Waals surface area contributed by atoms with Crippen molar-refractivity contribution in [3.05, 3.63) is 132 Å². The van der Waals surface area contributed by atoms with Gasteiger partial charge in [-0.2, -0.15) is 10.5 Å². The third-order valence-electron chi connectivity index (χ3n) is 7.95. The van der Waals surface area contributed by atoms with Gasteiger partial charge >= 0.3 is 0 Å². The van der Waals surface area contributed by atoms with Crippen molar-refractivity contribution in [2.75, 3.05) is 0 Å². The van der Waals surface area contributed by atoms with E-state index < -0.39 is 0 Å².